The number of ether oxygens (including phenoxy) is 2. The summed E-state index contributed by atoms with van der Waals surface area (Å²) in [5.74, 6) is 1.78. The SMILES string of the molecule is Cc1ccccc1CN1CCC(C(=O)NC(C)c2ccc3c(c2)OCCO3)CC1. The van der Waals surface area contributed by atoms with Crippen molar-refractivity contribution in [2.75, 3.05) is 26.3 Å². The van der Waals surface area contributed by atoms with E-state index in [4.69, 9.17) is 9.47 Å². The van der Waals surface area contributed by atoms with Gasteiger partial charge < -0.3 is 14.8 Å². The highest BCUT2D eigenvalue weighted by atomic mass is 16.6. The molecule has 2 aliphatic heterocycles. The number of fused-ring (bicyclic) bond motifs is 1. The van der Waals surface area contributed by atoms with E-state index in [0.29, 0.717) is 13.2 Å². The summed E-state index contributed by atoms with van der Waals surface area (Å²) in [6.07, 6.45) is 1.82. The lowest BCUT2D eigenvalue weighted by atomic mass is 9.94. The quantitative estimate of drug-likeness (QED) is 0.837. The minimum absolute atomic E-state index is 0.0525. The van der Waals surface area contributed by atoms with Crippen LogP contribution in [0.15, 0.2) is 42.5 Å². The molecule has 1 atom stereocenters. The van der Waals surface area contributed by atoms with Gasteiger partial charge in [0.25, 0.3) is 0 Å². The van der Waals surface area contributed by atoms with Crippen LogP contribution in [0.4, 0.5) is 0 Å². The number of hydrogen-bond donors (Lipinski definition) is 1. The molecule has 0 radical (unpaired) electrons. The number of aryl methyl sites for hydroxylation is 1. The summed E-state index contributed by atoms with van der Waals surface area (Å²) in [6.45, 7) is 8.23. The van der Waals surface area contributed by atoms with Gasteiger partial charge in [0.1, 0.15) is 13.2 Å². The van der Waals surface area contributed by atoms with Gasteiger partial charge in [-0.3, -0.25) is 9.69 Å². The molecule has 2 aliphatic rings. The lowest BCUT2D eigenvalue weighted by Gasteiger charge is -2.32. The van der Waals surface area contributed by atoms with Crippen molar-refractivity contribution < 1.29 is 14.3 Å². The molecule has 4 rings (SSSR count). The predicted octanol–water partition coefficient (Wildman–Crippen LogP) is 3.86. The van der Waals surface area contributed by atoms with E-state index < -0.39 is 0 Å². The van der Waals surface area contributed by atoms with Gasteiger partial charge in [-0.25, -0.2) is 0 Å². The van der Waals surface area contributed by atoms with Gasteiger partial charge in [0, 0.05) is 12.5 Å². The van der Waals surface area contributed by atoms with Crippen molar-refractivity contribution >= 4 is 5.91 Å². The Morgan fingerprint density at radius 1 is 1.10 bits per heavy atom. The Labute approximate surface area is 173 Å². The maximum Gasteiger partial charge on any atom is 0.223 e. The third kappa shape index (κ3) is 4.73. The highest BCUT2D eigenvalue weighted by molar-refractivity contribution is 5.79. The van der Waals surface area contributed by atoms with E-state index in [9.17, 15) is 4.79 Å². The van der Waals surface area contributed by atoms with Crippen LogP contribution in [0.1, 0.15) is 42.5 Å². The molecule has 0 bridgehead atoms. The second-order valence-corrected chi connectivity index (χ2v) is 8.11. The van der Waals surface area contributed by atoms with Crippen LogP contribution in [0.3, 0.4) is 0 Å². The fraction of sp³-hybridized carbons (Fsp3) is 0.458. The molecule has 2 aromatic carbocycles. The molecular formula is C24H30N2O3. The summed E-state index contributed by atoms with van der Waals surface area (Å²) in [6, 6.07) is 14.4. The van der Waals surface area contributed by atoms with Crippen LogP contribution in [-0.2, 0) is 11.3 Å². The van der Waals surface area contributed by atoms with Gasteiger partial charge in [-0.05, 0) is 68.6 Å². The lowest BCUT2D eigenvalue weighted by Crippen LogP contribution is -2.41. The van der Waals surface area contributed by atoms with E-state index in [0.717, 1.165) is 49.5 Å². The van der Waals surface area contributed by atoms with Crippen molar-refractivity contribution in [1.29, 1.82) is 0 Å². The van der Waals surface area contributed by atoms with Gasteiger partial charge in [0.2, 0.25) is 5.91 Å². The van der Waals surface area contributed by atoms with Crippen molar-refractivity contribution in [2.45, 2.75) is 39.3 Å². The number of carbonyl (C=O) groups is 1. The van der Waals surface area contributed by atoms with E-state index in [1.165, 1.54) is 11.1 Å². The number of carbonyl (C=O) groups excluding carboxylic acids is 1. The van der Waals surface area contributed by atoms with Crippen molar-refractivity contribution in [1.82, 2.24) is 10.2 Å². The number of rotatable bonds is 5. The smallest absolute Gasteiger partial charge is 0.223 e. The van der Waals surface area contributed by atoms with Gasteiger partial charge in [0.05, 0.1) is 6.04 Å². The van der Waals surface area contributed by atoms with Crippen molar-refractivity contribution in [2.24, 2.45) is 5.92 Å². The molecule has 0 saturated carbocycles. The number of amides is 1. The van der Waals surface area contributed by atoms with E-state index in [1.54, 1.807) is 0 Å². The van der Waals surface area contributed by atoms with Crippen LogP contribution in [0.25, 0.3) is 0 Å². The Bertz CT molecular complexity index is 859. The summed E-state index contributed by atoms with van der Waals surface area (Å²) in [7, 11) is 0. The molecule has 5 nitrogen and oxygen atoms in total. The summed E-state index contributed by atoms with van der Waals surface area (Å²) in [5, 5.41) is 3.19. The first-order valence-corrected chi connectivity index (χ1v) is 10.6. The topological polar surface area (TPSA) is 50.8 Å². The van der Waals surface area contributed by atoms with Crippen LogP contribution in [-0.4, -0.2) is 37.1 Å². The Balaban J connectivity index is 1.29. The molecule has 2 aromatic rings. The maximum absolute atomic E-state index is 12.8. The minimum Gasteiger partial charge on any atom is -0.486 e. The zero-order valence-electron chi connectivity index (χ0n) is 17.3. The molecule has 29 heavy (non-hydrogen) atoms. The molecule has 5 heteroatoms. The summed E-state index contributed by atoms with van der Waals surface area (Å²) >= 11 is 0. The molecular weight excluding hydrogens is 364 g/mol. The van der Waals surface area contributed by atoms with E-state index >= 15 is 0 Å². The van der Waals surface area contributed by atoms with E-state index in [-0.39, 0.29) is 17.9 Å². The number of nitrogens with zero attached hydrogens (tertiary/aromatic N) is 1. The van der Waals surface area contributed by atoms with Gasteiger partial charge in [0.15, 0.2) is 11.5 Å². The molecule has 1 unspecified atom stereocenters. The molecule has 1 amide bonds. The Morgan fingerprint density at radius 3 is 2.59 bits per heavy atom. The molecule has 0 aliphatic carbocycles. The van der Waals surface area contributed by atoms with Crippen LogP contribution < -0.4 is 14.8 Å². The van der Waals surface area contributed by atoms with Crippen LogP contribution in [0.2, 0.25) is 0 Å². The third-order valence-corrected chi connectivity index (χ3v) is 6.04. The second-order valence-electron chi connectivity index (χ2n) is 8.11. The molecule has 154 valence electrons. The van der Waals surface area contributed by atoms with E-state index in [2.05, 4.69) is 41.4 Å². The summed E-state index contributed by atoms with van der Waals surface area (Å²) in [5.41, 5.74) is 3.75. The summed E-state index contributed by atoms with van der Waals surface area (Å²) < 4.78 is 11.2. The number of nitrogens with one attached hydrogen (secondary N) is 1. The van der Waals surface area contributed by atoms with Crippen molar-refractivity contribution in [3.63, 3.8) is 0 Å². The standard InChI is InChI=1S/C24H30N2O3/c1-17-5-3-4-6-21(17)16-26-11-9-19(10-12-26)24(27)25-18(2)20-7-8-22-23(15-20)29-14-13-28-22/h3-8,15,18-19H,9-14,16H2,1-2H3,(H,25,27). The van der Waals surface area contributed by atoms with Crippen molar-refractivity contribution in [3.05, 3.63) is 59.2 Å². The average Bonchev–Trinajstić information content (AvgIpc) is 2.75. The Morgan fingerprint density at radius 2 is 1.83 bits per heavy atom. The first-order chi connectivity index (χ1) is 14.1. The average molecular weight is 395 g/mol. The van der Waals surface area contributed by atoms with Crippen LogP contribution in [0.5, 0.6) is 11.5 Å². The molecule has 0 aromatic heterocycles. The Kier molecular flexibility index (Phi) is 6.05. The highest BCUT2D eigenvalue weighted by Crippen LogP contribution is 2.32. The lowest BCUT2D eigenvalue weighted by molar-refractivity contribution is -0.127. The molecule has 1 N–H and O–H groups in total. The zero-order valence-corrected chi connectivity index (χ0v) is 17.3. The normalized spacial score (nSPS) is 18.3. The fourth-order valence-electron chi connectivity index (χ4n) is 4.13. The van der Waals surface area contributed by atoms with Crippen molar-refractivity contribution in [3.8, 4) is 11.5 Å². The van der Waals surface area contributed by atoms with Crippen LogP contribution in [0, 0.1) is 12.8 Å². The van der Waals surface area contributed by atoms with Gasteiger partial charge in [-0.15, -0.1) is 0 Å². The third-order valence-electron chi connectivity index (χ3n) is 6.04. The Hall–Kier alpha value is -2.53. The highest BCUT2D eigenvalue weighted by Gasteiger charge is 2.26. The monoisotopic (exact) mass is 394 g/mol. The van der Waals surface area contributed by atoms with Gasteiger partial charge in [-0.1, -0.05) is 30.3 Å². The number of likely N-dealkylation sites (tertiary alicyclic amines) is 1. The van der Waals surface area contributed by atoms with Crippen LogP contribution >= 0.6 is 0 Å². The predicted molar refractivity (Wildman–Crippen MR) is 113 cm³/mol. The zero-order chi connectivity index (χ0) is 20.2. The van der Waals surface area contributed by atoms with Gasteiger partial charge >= 0.3 is 0 Å². The maximum atomic E-state index is 12.8. The molecule has 1 fully saturated rings. The largest absolute Gasteiger partial charge is 0.486 e. The first kappa shape index (κ1) is 19.8. The second kappa shape index (κ2) is 8.87. The molecule has 1 saturated heterocycles. The number of benzene rings is 2. The molecule has 2 heterocycles. The minimum atomic E-state index is -0.0525. The summed E-state index contributed by atoms with van der Waals surface area (Å²) in [4.78, 5) is 15.3. The van der Waals surface area contributed by atoms with Gasteiger partial charge in [-0.2, -0.15) is 0 Å². The molecule has 0 spiro atoms. The number of piperidine rings is 1. The first-order valence-electron chi connectivity index (χ1n) is 10.6. The number of hydrogen-bond acceptors (Lipinski definition) is 4. The van der Waals surface area contributed by atoms with E-state index in [1.807, 2.05) is 25.1 Å². The fourth-order valence-corrected chi connectivity index (χ4v) is 4.13.